The fourth-order valence-electron chi connectivity index (χ4n) is 3.77. The minimum Gasteiger partial charge on any atom is -0.493 e. The highest BCUT2D eigenvalue weighted by atomic mass is 16.5. The first-order valence-electron chi connectivity index (χ1n) is 11.2. The van der Waals surface area contributed by atoms with Crippen LogP contribution in [-0.4, -0.2) is 45.7 Å². The van der Waals surface area contributed by atoms with Crippen molar-refractivity contribution in [2.75, 3.05) is 32.9 Å². The second-order valence-electron chi connectivity index (χ2n) is 7.99. The van der Waals surface area contributed by atoms with Crippen molar-refractivity contribution in [3.63, 3.8) is 0 Å². The van der Waals surface area contributed by atoms with Gasteiger partial charge in [0, 0.05) is 18.5 Å². The number of rotatable bonds is 8. The van der Waals surface area contributed by atoms with Crippen molar-refractivity contribution in [3.05, 3.63) is 82.9 Å². The number of anilines is 1. The maximum Gasteiger partial charge on any atom is 0.271 e. The maximum atomic E-state index is 12.6. The molecule has 8 heteroatoms. The Morgan fingerprint density at radius 2 is 1.63 bits per heavy atom. The molecule has 0 fully saturated rings. The second kappa shape index (κ2) is 10.7. The van der Waals surface area contributed by atoms with E-state index in [9.17, 15) is 4.79 Å². The van der Waals surface area contributed by atoms with Crippen LogP contribution < -0.4 is 24.6 Å². The SMILES string of the molecule is COc1cc(C(=O)N/N=C\c2ccc(N3CCC(c4ccc(C)cc4)=N3)cc2)cc(OC)c1OC. The first-order chi connectivity index (χ1) is 17.0. The van der Waals surface area contributed by atoms with Crippen molar-refractivity contribution in [1.29, 1.82) is 0 Å². The van der Waals surface area contributed by atoms with Gasteiger partial charge in [-0.2, -0.15) is 10.2 Å². The van der Waals surface area contributed by atoms with Crippen LogP contribution in [0.5, 0.6) is 17.2 Å². The predicted molar refractivity (Wildman–Crippen MR) is 137 cm³/mol. The molecular weight excluding hydrogens is 444 g/mol. The van der Waals surface area contributed by atoms with E-state index in [0.29, 0.717) is 22.8 Å². The predicted octanol–water partition coefficient (Wildman–Crippen LogP) is 4.40. The van der Waals surface area contributed by atoms with Crippen LogP contribution in [0, 0.1) is 6.92 Å². The number of carbonyl (C=O) groups is 1. The molecule has 1 heterocycles. The Morgan fingerprint density at radius 3 is 2.23 bits per heavy atom. The topological polar surface area (TPSA) is 84.8 Å². The Morgan fingerprint density at radius 1 is 0.971 bits per heavy atom. The fourth-order valence-corrected chi connectivity index (χ4v) is 3.77. The Kier molecular flexibility index (Phi) is 7.30. The van der Waals surface area contributed by atoms with E-state index in [-0.39, 0.29) is 0 Å². The summed E-state index contributed by atoms with van der Waals surface area (Å²) in [6, 6.07) is 19.4. The summed E-state index contributed by atoms with van der Waals surface area (Å²) in [5, 5.41) is 10.9. The molecule has 4 rings (SSSR count). The van der Waals surface area contributed by atoms with Crippen LogP contribution in [0.15, 0.2) is 70.9 Å². The number of hydrogen-bond donors (Lipinski definition) is 1. The molecule has 0 radical (unpaired) electrons. The van der Waals surface area contributed by atoms with Gasteiger partial charge in [0.2, 0.25) is 5.75 Å². The quantitative estimate of drug-likeness (QED) is 0.388. The third kappa shape index (κ3) is 5.43. The molecule has 0 aliphatic carbocycles. The maximum absolute atomic E-state index is 12.6. The van der Waals surface area contributed by atoms with Gasteiger partial charge in [0.15, 0.2) is 11.5 Å². The summed E-state index contributed by atoms with van der Waals surface area (Å²) in [6.07, 6.45) is 2.49. The summed E-state index contributed by atoms with van der Waals surface area (Å²) in [5.41, 5.74) is 8.20. The van der Waals surface area contributed by atoms with E-state index < -0.39 is 5.91 Å². The van der Waals surface area contributed by atoms with Crippen molar-refractivity contribution >= 4 is 23.5 Å². The first kappa shape index (κ1) is 23.8. The van der Waals surface area contributed by atoms with Gasteiger partial charge >= 0.3 is 0 Å². The third-order valence-corrected chi connectivity index (χ3v) is 5.68. The minimum atomic E-state index is -0.396. The van der Waals surface area contributed by atoms with Crippen molar-refractivity contribution in [2.45, 2.75) is 13.3 Å². The largest absolute Gasteiger partial charge is 0.493 e. The van der Waals surface area contributed by atoms with Gasteiger partial charge in [0.25, 0.3) is 5.91 Å². The van der Waals surface area contributed by atoms with E-state index in [1.54, 1.807) is 18.3 Å². The van der Waals surface area contributed by atoms with Crippen LogP contribution in [0.1, 0.15) is 33.5 Å². The summed E-state index contributed by atoms with van der Waals surface area (Å²) >= 11 is 0. The van der Waals surface area contributed by atoms with Crippen LogP contribution in [0.3, 0.4) is 0 Å². The normalized spacial score (nSPS) is 13.0. The standard InChI is InChI=1S/C27H28N4O4/c1-18-5-9-20(10-6-18)23-13-14-31(30-23)22-11-7-19(8-12-22)17-28-29-27(32)21-15-24(33-2)26(35-4)25(16-21)34-3/h5-12,15-17H,13-14H2,1-4H3,(H,29,32)/b28-17-. The van der Waals surface area contributed by atoms with Gasteiger partial charge in [-0.05, 0) is 42.3 Å². The highest BCUT2D eigenvalue weighted by Crippen LogP contribution is 2.38. The summed E-state index contributed by atoms with van der Waals surface area (Å²) in [4.78, 5) is 12.6. The average molecular weight is 473 g/mol. The number of hydrazone groups is 2. The highest BCUT2D eigenvalue weighted by Gasteiger charge is 2.18. The average Bonchev–Trinajstić information content (AvgIpc) is 3.38. The van der Waals surface area contributed by atoms with Crippen molar-refractivity contribution in [3.8, 4) is 17.2 Å². The van der Waals surface area contributed by atoms with E-state index in [4.69, 9.17) is 19.3 Å². The van der Waals surface area contributed by atoms with Crippen LogP contribution in [0.2, 0.25) is 0 Å². The molecule has 0 atom stereocenters. The molecule has 0 spiro atoms. The zero-order valence-electron chi connectivity index (χ0n) is 20.2. The Labute approximate surface area is 204 Å². The molecule has 0 saturated heterocycles. The van der Waals surface area contributed by atoms with E-state index in [2.05, 4.69) is 41.7 Å². The minimum absolute atomic E-state index is 0.336. The molecule has 0 saturated carbocycles. The van der Waals surface area contributed by atoms with Crippen molar-refractivity contribution < 1.29 is 19.0 Å². The van der Waals surface area contributed by atoms with E-state index >= 15 is 0 Å². The van der Waals surface area contributed by atoms with E-state index in [1.165, 1.54) is 26.9 Å². The monoisotopic (exact) mass is 472 g/mol. The summed E-state index contributed by atoms with van der Waals surface area (Å²) in [7, 11) is 4.50. The molecule has 0 unspecified atom stereocenters. The number of ether oxygens (including phenoxy) is 3. The molecule has 180 valence electrons. The molecule has 1 amide bonds. The van der Waals surface area contributed by atoms with E-state index in [0.717, 1.165) is 35.5 Å². The zero-order valence-corrected chi connectivity index (χ0v) is 20.2. The third-order valence-electron chi connectivity index (χ3n) is 5.68. The van der Waals surface area contributed by atoms with Gasteiger partial charge < -0.3 is 14.2 Å². The second-order valence-corrected chi connectivity index (χ2v) is 7.99. The van der Waals surface area contributed by atoms with Gasteiger partial charge in [0.1, 0.15) is 0 Å². The molecule has 1 N–H and O–H groups in total. The van der Waals surface area contributed by atoms with Crippen molar-refractivity contribution in [1.82, 2.24) is 5.43 Å². The number of benzene rings is 3. The van der Waals surface area contributed by atoms with E-state index in [1.807, 2.05) is 29.3 Å². The number of amides is 1. The molecule has 35 heavy (non-hydrogen) atoms. The van der Waals surface area contributed by atoms with Gasteiger partial charge in [0.05, 0.1) is 38.9 Å². The smallest absolute Gasteiger partial charge is 0.271 e. The van der Waals surface area contributed by atoms with Crippen LogP contribution >= 0.6 is 0 Å². The first-order valence-corrected chi connectivity index (χ1v) is 11.2. The lowest BCUT2D eigenvalue weighted by Crippen LogP contribution is -2.18. The molecule has 0 aromatic heterocycles. The number of nitrogens with one attached hydrogen (secondary N) is 1. The zero-order chi connectivity index (χ0) is 24.8. The summed E-state index contributed by atoms with van der Waals surface area (Å²) in [6.45, 7) is 2.91. The van der Waals surface area contributed by atoms with Gasteiger partial charge in [-0.15, -0.1) is 0 Å². The number of hydrogen-bond acceptors (Lipinski definition) is 7. The van der Waals surface area contributed by atoms with Gasteiger partial charge in [-0.3, -0.25) is 9.80 Å². The summed E-state index contributed by atoms with van der Waals surface area (Å²) < 4.78 is 15.9. The highest BCUT2D eigenvalue weighted by molar-refractivity contribution is 6.02. The lowest BCUT2D eigenvalue weighted by Gasteiger charge is -2.13. The molecule has 1 aliphatic rings. The molecule has 0 bridgehead atoms. The fraction of sp³-hybridized carbons (Fsp3) is 0.222. The summed E-state index contributed by atoms with van der Waals surface area (Å²) in [5.74, 6) is 0.814. The number of aryl methyl sites for hydroxylation is 1. The number of carbonyl (C=O) groups excluding carboxylic acids is 1. The molecule has 3 aromatic carbocycles. The molecule has 1 aliphatic heterocycles. The molecule has 8 nitrogen and oxygen atoms in total. The van der Waals surface area contributed by atoms with Crippen molar-refractivity contribution in [2.24, 2.45) is 10.2 Å². The van der Waals surface area contributed by atoms with Gasteiger partial charge in [-0.1, -0.05) is 42.0 Å². The lowest BCUT2D eigenvalue weighted by atomic mass is 10.1. The Bertz CT molecular complexity index is 1230. The number of nitrogens with zero attached hydrogens (tertiary/aromatic N) is 3. The molecular formula is C27H28N4O4. The van der Waals surface area contributed by atoms with Crippen LogP contribution in [0.25, 0.3) is 0 Å². The Balaban J connectivity index is 1.39. The Hall–Kier alpha value is -4.33. The van der Waals surface area contributed by atoms with Gasteiger partial charge in [-0.25, -0.2) is 5.43 Å². The van der Waals surface area contributed by atoms with Crippen LogP contribution in [0.4, 0.5) is 5.69 Å². The molecule has 3 aromatic rings. The lowest BCUT2D eigenvalue weighted by molar-refractivity contribution is 0.0954. The number of methoxy groups -OCH3 is 3. The van der Waals surface area contributed by atoms with Crippen LogP contribution in [-0.2, 0) is 0 Å².